The molecule has 0 aromatic heterocycles. The highest BCUT2D eigenvalue weighted by Crippen LogP contribution is 2.28. The zero-order chi connectivity index (χ0) is 13.8. The number of halogens is 1. The number of alkyl halides is 1. The van der Waals surface area contributed by atoms with Crippen molar-refractivity contribution in [2.45, 2.75) is 44.0 Å². The van der Waals surface area contributed by atoms with Gasteiger partial charge in [-0.15, -0.1) is 0 Å². The summed E-state index contributed by atoms with van der Waals surface area (Å²) in [6.45, 7) is 2.27. The molecule has 0 spiro atoms. The van der Waals surface area contributed by atoms with Crippen molar-refractivity contribution in [2.24, 2.45) is 5.92 Å². The van der Waals surface area contributed by atoms with E-state index in [1.165, 1.54) is 24.8 Å². The summed E-state index contributed by atoms with van der Waals surface area (Å²) in [6.07, 6.45) is 4.93. The van der Waals surface area contributed by atoms with E-state index in [0.717, 1.165) is 17.3 Å². The van der Waals surface area contributed by atoms with Crippen molar-refractivity contribution in [3.63, 3.8) is 0 Å². The Morgan fingerprint density at radius 2 is 1.89 bits per heavy atom. The van der Waals surface area contributed by atoms with E-state index in [2.05, 4.69) is 22.9 Å². The van der Waals surface area contributed by atoms with Gasteiger partial charge in [-0.1, -0.05) is 47.8 Å². The molecule has 1 aliphatic rings. The summed E-state index contributed by atoms with van der Waals surface area (Å²) in [4.78, 5) is 14.5. The highest BCUT2D eigenvalue weighted by Gasteiger charge is 2.28. The first-order valence-electron chi connectivity index (χ1n) is 7.05. The zero-order valence-corrected chi connectivity index (χ0v) is 13.3. The fourth-order valence-electron chi connectivity index (χ4n) is 2.96. The first-order valence-corrected chi connectivity index (χ1v) is 8.17. The smallest absolute Gasteiger partial charge is 0.253 e. The summed E-state index contributed by atoms with van der Waals surface area (Å²) in [5.74, 6) is 0.768. The van der Waals surface area contributed by atoms with Crippen LogP contribution in [-0.4, -0.2) is 23.9 Å². The summed E-state index contributed by atoms with van der Waals surface area (Å²) in [5, 5.41) is 0.830. The van der Waals surface area contributed by atoms with Gasteiger partial charge < -0.3 is 4.90 Å². The van der Waals surface area contributed by atoms with Crippen molar-refractivity contribution in [2.75, 3.05) is 7.05 Å². The summed E-state index contributed by atoms with van der Waals surface area (Å²) in [7, 11) is 1.95. The fraction of sp³-hybridized carbons (Fsp3) is 0.562. The molecule has 2 rings (SSSR count). The average molecular weight is 324 g/mol. The second-order valence-corrected chi connectivity index (χ2v) is 6.14. The number of nitrogens with zero attached hydrogens (tertiary/aromatic N) is 1. The van der Waals surface area contributed by atoms with E-state index in [1.807, 2.05) is 36.2 Å². The molecule has 0 heterocycles. The minimum Gasteiger partial charge on any atom is -0.338 e. The minimum atomic E-state index is 0.153. The lowest BCUT2D eigenvalue weighted by Crippen LogP contribution is -2.42. The zero-order valence-electron chi connectivity index (χ0n) is 11.7. The number of carbonyl (C=O) groups excluding carboxylic acids is 1. The Bertz CT molecular complexity index is 429. The molecular weight excluding hydrogens is 302 g/mol. The van der Waals surface area contributed by atoms with Gasteiger partial charge in [-0.05, 0) is 36.5 Å². The number of rotatable bonds is 3. The first-order chi connectivity index (χ1) is 9.13. The van der Waals surface area contributed by atoms with E-state index < -0.39 is 0 Å². The number of carbonyl (C=O) groups is 1. The van der Waals surface area contributed by atoms with Crippen LogP contribution in [0.5, 0.6) is 0 Å². The van der Waals surface area contributed by atoms with Gasteiger partial charge >= 0.3 is 0 Å². The largest absolute Gasteiger partial charge is 0.338 e. The van der Waals surface area contributed by atoms with Gasteiger partial charge in [0.05, 0.1) is 0 Å². The topological polar surface area (TPSA) is 20.3 Å². The molecule has 2 nitrogen and oxygen atoms in total. The maximum atomic E-state index is 12.5. The summed E-state index contributed by atoms with van der Waals surface area (Å²) < 4.78 is 0. The monoisotopic (exact) mass is 323 g/mol. The molecule has 1 aromatic carbocycles. The Morgan fingerprint density at radius 3 is 2.47 bits per heavy atom. The standard InChI is InChI=1S/C16H22BrNO/c1-12-5-3-4-6-15(12)18(2)16(19)14-9-7-13(11-17)8-10-14/h7-10,12,15H,3-6,11H2,1-2H3. The minimum absolute atomic E-state index is 0.153. The third-order valence-electron chi connectivity index (χ3n) is 4.24. The quantitative estimate of drug-likeness (QED) is 0.762. The molecular formula is C16H22BrNO. The molecule has 0 radical (unpaired) electrons. The molecule has 0 aliphatic heterocycles. The lowest BCUT2D eigenvalue weighted by atomic mass is 9.85. The lowest BCUT2D eigenvalue weighted by molar-refractivity contribution is 0.0629. The second-order valence-electron chi connectivity index (χ2n) is 5.58. The highest BCUT2D eigenvalue weighted by molar-refractivity contribution is 9.08. The van der Waals surface area contributed by atoms with Crippen LogP contribution in [-0.2, 0) is 5.33 Å². The molecule has 1 fully saturated rings. The maximum Gasteiger partial charge on any atom is 0.253 e. The van der Waals surface area contributed by atoms with Gasteiger partial charge in [0.15, 0.2) is 0 Å². The van der Waals surface area contributed by atoms with Crippen LogP contribution in [0.4, 0.5) is 0 Å². The van der Waals surface area contributed by atoms with E-state index in [-0.39, 0.29) is 5.91 Å². The van der Waals surface area contributed by atoms with Crippen molar-refractivity contribution in [3.8, 4) is 0 Å². The van der Waals surface area contributed by atoms with E-state index in [4.69, 9.17) is 0 Å². The molecule has 2 atom stereocenters. The summed E-state index contributed by atoms with van der Waals surface area (Å²) in [5.41, 5.74) is 2.00. The van der Waals surface area contributed by atoms with Gasteiger partial charge in [0.2, 0.25) is 0 Å². The Balaban J connectivity index is 2.08. The van der Waals surface area contributed by atoms with Crippen LogP contribution < -0.4 is 0 Å². The van der Waals surface area contributed by atoms with Gasteiger partial charge in [0.25, 0.3) is 5.91 Å². The molecule has 1 aromatic rings. The number of hydrogen-bond donors (Lipinski definition) is 0. The average Bonchev–Trinajstić information content (AvgIpc) is 2.46. The Morgan fingerprint density at radius 1 is 1.26 bits per heavy atom. The van der Waals surface area contributed by atoms with Gasteiger partial charge in [-0.2, -0.15) is 0 Å². The molecule has 1 amide bonds. The van der Waals surface area contributed by atoms with E-state index in [9.17, 15) is 4.79 Å². The van der Waals surface area contributed by atoms with Crippen molar-refractivity contribution in [1.82, 2.24) is 4.90 Å². The molecule has 19 heavy (non-hydrogen) atoms. The predicted molar refractivity (Wildman–Crippen MR) is 82.6 cm³/mol. The van der Waals surface area contributed by atoms with E-state index in [1.54, 1.807) is 0 Å². The molecule has 1 aliphatic carbocycles. The summed E-state index contributed by atoms with van der Waals surface area (Å²) >= 11 is 3.42. The molecule has 0 saturated heterocycles. The predicted octanol–water partition coefficient (Wildman–Crippen LogP) is 4.23. The van der Waals surface area contributed by atoms with Crippen molar-refractivity contribution in [3.05, 3.63) is 35.4 Å². The first kappa shape index (κ1) is 14.6. The van der Waals surface area contributed by atoms with Gasteiger partial charge in [0, 0.05) is 24.0 Å². The van der Waals surface area contributed by atoms with Crippen LogP contribution in [0.1, 0.15) is 48.5 Å². The van der Waals surface area contributed by atoms with Crippen molar-refractivity contribution in [1.29, 1.82) is 0 Å². The van der Waals surface area contributed by atoms with Crippen LogP contribution in [0.25, 0.3) is 0 Å². The van der Waals surface area contributed by atoms with Crippen molar-refractivity contribution >= 4 is 21.8 Å². The van der Waals surface area contributed by atoms with E-state index in [0.29, 0.717) is 12.0 Å². The van der Waals surface area contributed by atoms with Gasteiger partial charge in [-0.25, -0.2) is 0 Å². The Kier molecular flexibility index (Phi) is 5.03. The number of benzene rings is 1. The van der Waals surface area contributed by atoms with Gasteiger partial charge in [-0.3, -0.25) is 4.79 Å². The molecule has 0 bridgehead atoms. The molecule has 2 unspecified atom stereocenters. The van der Waals surface area contributed by atoms with Crippen LogP contribution in [0.15, 0.2) is 24.3 Å². The third kappa shape index (κ3) is 3.38. The second kappa shape index (κ2) is 6.56. The fourth-order valence-corrected chi connectivity index (χ4v) is 3.34. The molecule has 0 N–H and O–H groups in total. The van der Waals surface area contributed by atoms with Crippen LogP contribution >= 0.6 is 15.9 Å². The lowest BCUT2D eigenvalue weighted by Gasteiger charge is -2.36. The molecule has 1 saturated carbocycles. The van der Waals surface area contributed by atoms with Crippen LogP contribution in [0, 0.1) is 5.92 Å². The number of amides is 1. The molecule has 3 heteroatoms. The number of hydrogen-bond acceptors (Lipinski definition) is 1. The normalized spacial score (nSPS) is 23.1. The SMILES string of the molecule is CC1CCCCC1N(C)C(=O)c1ccc(CBr)cc1. The third-order valence-corrected chi connectivity index (χ3v) is 4.89. The Labute approximate surface area is 124 Å². The summed E-state index contributed by atoms with van der Waals surface area (Å²) in [6, 6.07) is 8.30. The Hall–Kier alpha value is -0.830. The molecule has 104 valence electrons. The van der Waals surface area contributed by atoms with Crippen molar-refractivity contribution < 1.29 is 4.79 Å². The maximum absolute atomic E-state index is 12.5. The highest BCUT2D eigenvalue weighted by atomic mass is 79.9. The van der Waals surface area contributed by atoms with Crippen LogP contribution in [0.2, 0.25) is 0 Å². The van der Waals surface area contributed by atoms with Gasteiger partial charge in [0.1, 0.15) is 0 Å². The van der Waals surface area contributed by atoms with E-state index >= 15 is 0 Å². The van der Waals surface area contributed by atoms with Crippen LogP contribution in [0.3, 0.4) is 0 Å².